The molecule has 2 rings (SSSR count). The summed E-state index contributed by atoms with van der Waals surface area (Å²) >= 11 is 12.0. The van der Waals surface area contributed by atoms with Crippen LogP contribution in [0.25, 0.3) is 0 Å². The maximum absolute atomic E-state index is 12.9. The van der Waals surface area contributed by atoms with Crippen LogP contribution in [0.15, 0.2) is 42.5 Å². The second-order valence-corrected chi connectivity index (χ2v) is 7.25. The predicted molar refractivity (Wildman–Crippen MR) is 112 cm³/mol. The molecule has 0 saturated carbocycles. The molecular weight excluding hydrogens is 399 g/mol. The van der Waals surface area contributed by atoms with Crippen molar-refractivity contribution in [1.82, 2.24) is 10.2 Å². The van der Waals surface area contributed by atoms with E-state index in [-0.39, 0.29) is 18.4 Å². The smallest absolute Gasteiger partial charge is 0.261 e. The Kier molecular flexibility index (Phi) is 8.15. The van der Waals surface area contributed by atoms with Gasteiger partial charge in [-0.15, -0.1) is 0 Å². The maximum Gasteiger partial charge on any atom is 0.261 e. The van der Waals surface area contributed by atoms with Crippen molar-refractivity contribution in [2.75, 3.05) is 13.7 Å². The lowest BCUT2D eigenvalue weighted by Crippen LogP contribution is -2.49. The Labute approximate surface area is 175 Å². The van der Waals surface area contributed by atoms with Crippen LogP contribution in [0.4, 0.5) is 0 Å². The first-order valence-corrected chi connectivity index (χ1v) is 9.75. The molecule has 150 valence electrons. The third-order valence-electron chi connectivity index (χ3n) is 4.35. The highest BCUT2D eigenvalue weighted by atomic mass is 35.5. The Balaban J connectivity index is 2.19. The van der Waals surface area contributed by atoms with E-state index in [1.807, 2.05) is 38.1 Å². The van der Waals surface area contributed by atoms with Crippen molar-refractivity contribution in [3.63, 3.8) is 0 Å². The van der Waals surface area contributed by atoms with E-state index in [0.717, 1.165) is 11.1 Å². The van der Waals surface area contributed by atoms with Gasteiger partial charge in [-0.05, 0) is 37.1 Å². The van der Waals surface area contributed by atoms with Gasteiger partial charge >= 0.3 is 0 Å². The van der Waals surface area contributed by atoms with E-state index >= 15 is 0 Å². The quantitative estimate of drug-likeness (QED) is 0.691. The second kappa shape index (κ2) is 10.3. The summed E-state index contributed by atoms with van der Waals surface area (Å²) in [5.74, 6) is -0.155. The number of likely N-dealkylation sites (N-methyl/N-ethyl adjacent to an activating group) is 1. The number of ether oxygens (including phenoxy) is 1. The molecule has 28 heavy (non-hydrogen) atoms. The maximum atomic E-state index is 12.9. The van der Waals surface area contributed by atoms with E-state index in [4.69, 9.17) is 27.9 Å². The predicted octanol–water partition coefficient (Wildman–Crippen LogP) is 4.23. The fourth-order valence-electron chi connectivity index (χ4n) is 2.79. The largest absolute Gasteiger partial charge is 0.482 e. The van der Waals surface area contributed by atoms with E-state index in [2.05, 4.69) is 5.32 Å². The summed E-state index contributed by atoms with van der Waals surface area (Å²) < 4.78 is 5.59. The topological polar surface area (TPSA) is 58.6 Å². The molecule has 7 heteroatoms. The fourth-order valence-corrected chi connectivity index (χ4v) is 3.25. The molecule has 0 heterocycles. The van der Waals surface area contributed by atoms with Crippen molar-refractivity contribution >= 4 is 35.0 Å². The molecule has 0 radical (unpaired) electrons. The molecule has 0 aromatic heterocycles. The Morgan fingerprint density at radius 2 is 1.82 bits per heavy atom. The molecule has 0 bridgehead atoms. The number of nitrogens with zero attached hydrogens (tertiary/aromatic N) is 1. The Morgan fingerprint density at radius 3 is 2.39 bits per heavy atom. The van der Waals surface area contributed by atoms with Crippen molar-refractivity contribution in [2.45, 2.75) is 32.9 Å². The number of hydrogen-bond donors (Lipinski definition) is 1. The van der Waals surface area contributed by atoms with Gasteiger partial charge in [0, 0.05) is 18.6 Å². The average molecular weight is 423 g/mol. The molecular formula is C21H24Cl2N2O3. The molecule has 0 aliphatic carbocycles. The molecule has 0 saturated heterocycles. The van der Waals surface area contributed by atoms with Crippen LogP contribution in [0, 0.1) is 6.92 Å². The van der Waals surface area contributed by atoms with Gasteiger partial charge in [0.25, 0.3) is 5.91 Å². The first-order valence-electron chi connectivity index (χ1n) is 9.00. The fraction of sp³-hybridized carbons (Fsp3) is 0.333. The number of carbonyl (C=O) groups excluding carboxylic acids is 2. The molecule has 0 unspecified atom stereocenters. The minimum absolute atomic E-state index is 0.215. The zero-order valence-corrected chi connectivity index (χ0v) is 17.7. The van der Waals surface area contributed by atoms with Crippen molar-refractivity contribution in [2.24, 2.45) is 0 Å². The van der Waals surface area contributed by atoms with Gasteiger partial charge in [0.2, 0.25) is 5.91 Å². The number of halogens is 2. The minimum Gasteiger partial charge on any atom is -0.482 e. The zero-order chi connectivity index (χ0) is 20.7. The molecule has 2 amide bonds. The summed E-state index contributed by atoms with van der Waals surface area (Å²) in [6.07, 6.45) is 0.485. The number of carbonyl (C=O) groups is 2. The van der Waals surface area contributed by atoms with Gasteiger partial charge < -0.3 is 15.0 Å². The van der Waals surface area contributed by atoms with Crippen LogP contribution in [0.1, 0.15) is 24.5 Å². The van der Waals surface area contributed by atoms with Crippen LogP contribution in [0.3, 0.4) is 0 Å². The SMILES string of the molecule is CC[C@@H](C(=O)NC)N(Cc1ccc(C)cc1)C(=O)COc1ccc(Cl)cc1Cl. The van der Waals surface area contributed by atoms with Crippen molar-refractivity contribution < 1.29 is 14.3 Å². The molecule has 1 atom stereocenters. The third kappa shape index (κ3) is 5.88. The minimum atomic E-state index is -0.594. The average Bonchev–Trinajstić information content (AvgIpc) is 2.68. The number of amides is 2. The van der Waals surface area contributed by atoms with Crippen LogP contribution in [0.5, 0.6) is 5.75 Å². The van der Waals surface area contributed by atoms with Crippen molar-refractivity contribution in [3.8, 4) is 5.75 Å². The van der Waals surface area contributed by atoms with Gasteiger partial charge in [-0.1, -0.05) is 60.0 Å². The molecule has 5 nitrogen and oxygen atoms in total. The summed E-state index contributed by atoms with van der Waals surface area (Å²) in [5.41, 5.74) is 2.06. The van der Waals surface area contributed by atoms with Crippen LogP contribution in [-0.4, -0.2) is 36.4 Å². The monoisotopic (exact) mass is 422 g/mol. The number of nitrogens with one attached hydrogen (secondary N) is 1. The molecule has 1 N–H and O–H groups in total. The van der Waals surface area contributed by atoms with Crippen LogP contribution < -0.4 is 10.1 Å². The lowest BCUT2D eigenvalue weighted by atomic mass is 10.1. The lowest BCUT2D eigenvalue weighted by Gasteiger charge is -2.30. The molecule has 2 aromatic carbocycles. The Bertz CT molecular complexity index is 825. The van der Waals surface area contributed by atoms with Crippen LogP contribution in [-0.2, 0) is 16.1 Å². The highest BCUT2D eigenvalue weighted by molar-refractivity contribution is 6.35. The molecule has 0 aliphatic heterocycles. The Morgan fingerprint density at radius 1 is 1.14 bits per heavy atom. The Hall–Kier alpha value is -2.24. The standard InChI is InChI=1S/C21H24Cl2N2O3/c1-4-18(21(27)24-3)25(12-15-7-5-14(2)6-8-15)20(26)13-28-19-10-9-16(22)11-17(19)23/h5-11,18H,4,12-13H2,1-3H3,(H,24,27)/t18-/m0/s1. The van der Waals surface area contributed by atoms with Gasteiger partial charge in [-0.25, -0.2) is 0 Å². The zero-order valence-electron chi connectivity index (χ0n) is 16.2. The highest BCUT2D eigenvalue weighted by Crippen LogP contribution is 2.27. The summed E-state index contributed by atoms with van der Waals surface area (Å²) in [6, 6.07) is 12.0. The van der Waals surface area contributed by atoms with E-state index in [1.165, 1.54) is 4.90 Å². The summed E-state index contributed by atoms with van der Waals surface area (Å²) in [6.45, 7) is 3.94. The van der Waals surface area contributed by atoms with E-state index in [9.17, 15) is 9.59 Å². The normalized spacial score (nSPS) is 11.6. The van der Waals surface area contributed by atoms with Gasteiger partial charge in [0.05, 0.1) is 5.02 Å². The third-order valence-corrected chi connectivity index (χ3v) is 4.88. The van der Waals surface area contributed by atoms with Crippen LogP contribution in [0.2, 0.25) is 10.0 Å². The van der Waals surface area contributed by atoms with E-state index < -0.39 is 6.04 Å². The van der Waals surface area contributed by atoms with Crippen LogP contribution >= 0.6 is 23.2 Å². The van der Waals surface area contributed by atoms with E-state index in [0.29, 0.717) is 28.8 Å². The highest BCUT2D eigenvalue weighted by Gasteiger charge is 2.28. The molecule has 2 aromatic rings. The lowest BCUT2D eigenvalue weighted by molar-refractivity contribution is -0.142. The molecule has 0 spiro atoms. The van der Waals surface area contributed by atoms with Crippen molar-refractivity contribution in [1.29, 1.82) is 0 Å². The van der Waals surface area contributed by atoms with Gasteiger partial charge in [0.15, 0.2) is 6.61 Å². The van der Waals surface area contributed by atoms with Gasteiger partial charge in [-0.3, -0.25) is 9.59 Å². The van der Waals surface area contributed by atoms with Gasteiger partial charge in [0.1, 0.15) is 11.8 Å². The first-order chi connectivity index (χ1) is 13.3. The summed E-state index contributed by atoms with van der Waals surface area (Å²) in [4.78, 5) is 26.8. The summed E-state index contributed by atoms with van der Waals surface area (Å²) in [5, 5.41) is 3.43. The first kappa shape index (κ1) is 22.1. The number of rotatable bonds is 8. The van der Waals surface area contributed by atoms with Crippen molar-refractivity contribution in [3.05, 3.63) is 63.6 Å². The second-order valence-electron chi connectivity index (χ2n) is 6.41. The molecule has 0 fully saturated rings. The molecule has 0 aliphatic rings. The van der Waals surface area contributed by atoms with E-state index in [1.54, 1.807) is 25.2 Å². The van der Waals surface area contributed by atoms with Gasteiger partial charge in [-0.2, -0.15) is 0 Å². The number of hydrogen-bond acceptors (Lipinski definition) is 3. The number of aryl methyl sites for hydroxylation is 1. The number of benzene rings is 2. The summed E-state index contributed by atoms with van der Waals surface area (Å²) in [7, 11) is 1.56.